The fourth-order valence-electron chi connectivity index (χ4n) is 5.16. The van der Waals surface area contributed by atoms with Crippen molar-refractivity contribution in [2.75, 3.05) is 12.3 Å². The number of carbonyl (C=O) groups is 1. The topological polar surface area (TPSA) is 136 Å². The third kappa shape index (κ3) is 8.92. The van der Waals surface area contributed by atoms with E-state index in [-0.39, 0.29) is 36.0 Å². The molecule has 3 unspecified atom stereocenters. The third-order valence-corrected chi connectivity index (χ3v) is 7.41. The van der Waals surface area contributed by atoms with Crippen LogP contribution in [0.2, 0.25) is 0 Å². The first-order valence-electron chi connectivity index (χ1n) is 14.5. The van der Waals surface area contributed by atoms with Gasteiger partial charge in [0.2, 0.25) is 5.95 Å². The molecule has 1 aliphatic carbocycles. The Balaban J connectivity index is 1.34. The first-order valence-corrected chi connectivity index (χ1v) is 14.5. The molecule has 2 aromatic rings. The number of hydrogen-bond acceptors (Lipinski definition) is 7. The number of aromatic amines is 1. The predicted molar refractivity (Wildman–Crippen MR) is 155 cm³/mol. The van der Waals surface area contributed by atoms with Crippen molar-refractivity contribution in [2.45, 2.75) is 103 Å². The number of rotatable bonds is 17. The highest BCUT2D eigenvalue weighted by atomic mass is 16.5. The second-order valence-corrected chi connectivity index (χ2v) is 10.4. The molecule has 0 aliphatic heterocycles. The van der Waals surface area contributed by atoms with Gasteiger partial charge in [-0.2, -0.15) is 4.98 Å². The zero-order valence-electron chi connectivity index (χ0n) is 23.3. The van der Waals surface area contributed by atoms with E-state index in [1.807, 2.05) is 0 Å². The van der Waals surface area contributed by atoms with Gasteiger partial charge in [-0.3, -0.25) is 14.6 Å². The van der Waals surface area contributed by atoms with Crippen molar-refractivity contribution >= 4 is 23.1 Å². The number of unbranched alkanes of at least 4 members (excludes halogenated alkanes) is 8. The minimum absolute atomic E-state index is 0.00284. The number of H-pyrrole nitrogens is 1. The summed E-state index contributed by atoms with van der Waals surface area (Å²) in [6.07, 6.45) is 23.2. The van der Waals surface area contributed by atoms with Crippen molar-refractivity contribution in [1.29, 1.82) is 0 Å². The number of nitrogens with two attached hydrogens (primary N) is 1. The molecule has 0 saturated heterocycles. The van der Waals surface area contributed by atoms with Gasteiger partial charge in [0, 0.05) is 18.8 Å². The Labute approximate surface area is 231 Å². The van der Waals surface area contributed by atoms with E-state index < -0.39 is 11.7 Å². The van der Waals surface area contributed by atoms with Crippen molar-refractivity contribution in [1.82, 2.24) is 19.5 Å². The molecule has 9 nitrogen and oxygen atoms in total. The molecule has 3 atom stereocenters. The fourth-order valence-corrected chi connectivity index (χ4v) is 5.16. The number of nitrogen functional groups attached to an aromatic ring is 1. The summed E-state index contributed by atoms with van der Waals surface area (Å²) in [6.45, 7) is 6.19. The number of aliphatic hydroxyl groups excluding tert-OH is 1. The van der Waals surface area contributed by atoms with Crippen molar-refractivity contribution in [3.8, 4) is 0 Å². The number of aliphatic hydroxyl groups is 1. The number of ether oxygens (including phenoxy) is 1. The third-order valence-electron chi connectivity index (χ3n) is 7.41. The lowest BCUT2D eigenvalue weighted by atomic mass is 10.0. The van der Waals surface area contributed by atoms with Gasteiger partial charge in [-0.15, -0.1) is 0 Å². The minimum Gasteiger partial charge on any atom is -0.462 e. The smallest absolute Gasteiger partial charge is 0.306 e. The van der Waals surface area contributed by atoms with Crippen molar-refractivity contribution < 1.29 is 14.6 Å². The number of nitrogens with zero attached hydrogens (tertiary/aromatic N) is 3. The molecular weight excluding hydrogens is 494 g/mol. The highest BCUT2D eigenvalue weighted by Gasteiger charge is 2.41. The number of aromatic nitrogens is 4. The molecule has 0 spiro atoms. The van der Waals surface area contributed by atoms with Crippen LogP contribution in [-0.2, 0) is 9.53 Å². The number of nitrogens with one attached hydrogen (secondary N) is 1. The molecule has 2 heterocycles. The molecule has 1 aliphatic rings. The van der Waals surface area contributed by atoms with Gasteiger partial charge < -0.3 is 20.1 Å². The van der Waals surface area contributed by atoms with Crippen LogP contribution in [-0.4, -0.2) is 43.3 Å². The van der Waals surface area contributed by atoms with Crippen LogP contribution in [0.1, 0.15) is 96.4 Å². The molecule has 3 rings (SSSR count). The van der Waals surface area contributed by atoms with Gasteiger partial charge in [0.05, 0.1) is 19.0 Å². The summed E-state index contributed by atoms with van der Waals surface area (Å²) in [5.74, 6) is -0.649. The molecule has 9 heteroatoms. The lowest BCUT2D eigenvalue weighted by Crippen LogP contribution is -2.25. The summed E-state index contributed by atoms with van der Waals surface area (Å²) >= 11 is 0. The van der Waals surface area contributed by atoms with E-state index in [2.05, 4.69) is 52.8 Å². The Morgan fingerprint density at radius 2 is 1.85 bits per heavy atom. The molecule has 0 aromatic carbocycles. The maximum absolute atomic E-state index is 12.6. The number of fused-ring (bicyclic) bond motifs is 1. The number of hydrogen-bond donors (Lipinski definition) is 3. The number of esters is 1. The van der Waals surface area contributed by atoms with E-state index in [1.54, 1.807) is 4.57 Å². The summed E-state index contributed by atoms with van der Waals surface area (Å²) in [7, 11) is 0. The second-order valence-electron chi connectivity index (χ2n) is 10.4. The average Bonchev–Trinajstić information content (AvgIpc) is 3.46. The zero-order valence-corrected chi connectivity index (χ0v) is 23.3. The van der Waals surface area contributed by atoms with Crippen LogP contribution in [0.25, 0.3) is 11.2 Å². The number of imidazole rings is 1. The Morgan fingerprint density at radius 3 is 2.56 bits per heavy atom. The van der Waals surface area contributed by atoms with Crippen LogP contribution < -0.4 is 11.3 Å². The normalized spacial score (nSPS) is 19.6. The van der Waals surface area contributed by atoms with Crippen LogP contribution in [0.15, 0.2) is 47.6 Å². The summed E-state index contributed by atoms with van der Waals surface area (Å²) in [5.41, 5.74) is 6.54. The molecule has 0 radical (unpaired) electrons. The second kappa shape index (κ2) is 16.0. The number of anilines is 1. The van der Waals surface area contributed by atoms with Gasteiger partial charge in [0.1, 0.15) is 6.10 Å². The van der Waals surface area contributed by atoms with E-state index in [0.717, 1.165) is 38.5 Å². The SMILES string of the molecule is C=C1C(CO)C(OC(=O)CCCCCCC/C=C\C/C=C\CCCCC)CC1n1cnc2c(=O)[nH]c(N)nc21. The summed E-state index contributed by atoms with van der Waals surface area (Å²) in [5, 5.41) is 9.98. The van der Waals surface area contributed by atoms with Crippen molar-refractivity contribution in [2.24, 2.45) is 5.92 Å². The highest BCUT2D eigenvalue weighted by molar-refractivity contribution is 5.71. The van der Waals surface area contributed by atoms with E-state index >= 15 is 0 Å². The van der Waals surface area contributed by atoms with Gasteiger partial charge >= 0.3 is 5.97 Å². The van der Waals surface area contributed by atoms with Crippen LogP contribution in [0.3, 0.4) is 0 Å². The van der Waals surface area contributed by atoms with Gasteiger partial charge in [-0.05, 0) is 44.1 Å². The standard InChI is InChI=1S/C30H45N5O4/c1-3-4-5-6-7-8-9-10-11-12-13-14-15-16-17-18-26(37)39-25-19-24(22(2)23(25)20-36)35-21-32-27-28(35)33-30(31)34-29(27)38/h7-8,10-11,21,23-25,36H,2-6,9,12-20H2,1H3,(H3,31,33,34,38)/b8-7-,11-10-. The Morgan fingerprint density at radius 1 is 1.15 bits per heavy atom. The molecule has 0 bridgehead atoms. The van der Waals surface area contributed by atoms with Gasteiger partial charge in [-0.1, -0.05) is 69.9 Å². The van der Waals surface area contributed by atoms with Crippen molar-refractivity contribution in [3.05, 3.63) is 53.1 Å². The molecule has 1 saturated carbocycles. The Kier molecular flexibility index (Phi) is 12.5. The highest BCUT2D eigenvalue weighted by Crippen LogP contribution is 2.41. The lowest BCUT2D eigenvalue weighted by Gasteiger charge is -2.18. The summed E-state index contributed by atoms with van der Waals surface area (Å²) in [4.78, 5) is 35.5. The lowest BCUT2D eigenvalue weighted by molar-refractivity contribution is -0.151. The van der Waals surface area contributed by atoms with Crippen molar-refractivity contribution in [3.63, 3.8) is 0 Å². The molecule has 214 valence electrons. The summed E-state index contributed by atoms with van der Waals surface area (Å²) in [6, 6.07) is -0.311. The monoisotopic (exact) mass is 539 g/mol. The van der Waals surface area contributed by atoms with Gasteiger partial charge in [0.15, 0.2) is 11.2 Å². The van der Waals surface area contributed by atoms with Crippen LogP contribution in [0, 0.1) is 5.92 Å². The van der Waals surface area contributed by atoms with E-state index in [4.69, 9.17) is 10.5 Å². The Hall–Kier alpha value is -3.20. The summed E-state index contributed by atoms with van der Waals surface area (Å²) < 4.78 is 7.49. The first kappa shape index (κ1) is 30.3. The molecular formula is C30H45N5O4. The molecule has 39 heavy (non-hydrogen) atoms. The van der Waals surface area contributed by atoms with E-state index in [9.17, 15) is 14.7 Å². The number of allylic oxidation sites excluding steroid dienone is 4. The zero-order chi connectivity index (χ0) is 28.0. The average molecular weight is 540 g/mol. The first-order chi connectivity index (χ1) is 19.0. The van der Waals surface area contributed by atoms with Gasteiger partial charge in [0.25, 0.3) is 5.56 Å². The van der Waals surface area contributed by atoms with Gasteiger partial charge in [-0.25, -0.2) is 4.98 Å². The maximum atomic E-state index is 12.6. The molecule has 0 amide bonds. The molecule has 2 aromatic heterocycles. The van der Waals surface area contributed by atoms with E-state index in [1.165, 1.54) is 38.4 Å². The van der Waals surface area contributed by atoms with Crippen LogP contribution in [0.4, 0.5) is 5.95 Å². The quantitative estimate of drug-likeness (QED) is 0.136. The molecule has 1 fully saturated rings. The van der Waals surface area contributed by atoms with E-state index in [0.29, 0.717) is 24.1 Å². The minimum atomic E-state index is -0.491. The largest absolute Gasteiger partial charge is 0.462 e. The van der Waals surface area contributed by atoms with Crippen LogP contribution >= 0.6 is 0 Å². The fraction of sp³-hybridized carbons (Fsp3) is 0.600. The number of carbonyl (C=O) groups excluding carboxylic acids is 1. The molecule has 4 N–H and O–H groups in total. The predicted octanol–water partition coefficient (Wildman–Crippen LogP) is 5.54. The Bertz CT molecular complexity index is 1180. The maximum Gasteiger partial charge on any atom is 0.306 e. The van der Waals surface area contributed by atoms with Crippen LogP contribution in [0.5, 0.6) is 0 Å².